The molecule has 0 aliphatic carbocycles. The number of aryl methyl sites for hydroxylation is 1. The van der Waals surface area contributed by atoms with Gasteiger partial charge >= 0.3 is 0 Å². The van der Waals surface area contributed by atoms with E-state index in [0.717, 1.165) is 0 Å². The van der Waals surface area contributed by atoms with Crippen LogP contribution in [0.1, 0.15) is 30.4 Å². The highest BCUT2D eigenvalue weighted by molar-refractivity contribution is 5.81. The standard InChI is InChI=1S/C12H17N3O3/c1-4-10(18-3)12(17)15-5-8-9(6-15)13-7(2)14-11(8)16/h10H,4-6H2,1-3H3,(H,13,14,16)/t10-/m0/s1. The van der Waals surface area contributed by atoms with Gasteiger partial charge in [0.15, 0.2) is 0 Å². The average Bonchev–Trinajstić information content (AvgIpc) is 2.74. The van der Waals surface area contributed by atoms with Crippen molar-refractivity contribution in [3.05, 3.63) is 27.4 Å². The molecular formula is C12H17N3O3. The first-order valence-corrected chi connectivity index (χ1v) is 5.97. The Balaban J connectivity index is 2.22. The summed E-state index contributed by atoms with van der Waals surface area (Å²) in [7, 11) is 1.52. The molecule has 0 fully saturated rings. The molecule has 0 radical (unpaired) electrons. The highest BCUT2D eigenvalue weighted by Crippen LogP contribution is 2.19. The van der Waals surface area contributed by atoms with Crippen molar-refractivity contribution >= 4 is 5.91 Å². The van der Waals surface area contributed by atoms with Crippen LogP contribution in [0.25, 0.3) is 0 Å². The molecule has 0 saturated heterocycles. The maximum atomic E-state index is 12.1. The number of methoxy groups -OCH3 is 1. The fraction of sp³-hybridized carbons (Fsp3) is 0.583. The van der Waals surface area contributed by atoms with Crippen molar-refractivity contribution < 1.29 is 9.53 Å². The Hall–Kier alpha value is -1.69. The Morgan fingerprint density at radius 1 is 1.56 bits per heavy atom. The van der Waals surface area contributed by atoms with Gasteiger partial charge in [-0.05, 0) is 13.3 Å². The topological polar surface area (TPSA) is 75.3 Å². The number of aromatic amines is 1. The van der Waals surface area contributed by atoms with Gasteiger partial charge in [0.1, 0.15) is 11.9 Å². The summed E-state index contributed by atoms with van der Waals surface area (Å²) >= 11 is 0. The molecule has 6 heteroatoms. The molecule has 98 valence electrons. The van der Waals surface area contributed by atoms with E-state index in [9.17, 15) is 9.59 Å². The molecule has 0 unspecified atom stereocenters. The zero-order chi connectivity index (χ0) is 13.3. The second-order valence-electron chi connectivity index (χ2n) is 4.40. The second kappa shape index (κ2) is 4.89. The number of aromatic nitrogens is 2. The lowest BCUT2D eigenvalue weighted by molar-refractivity contribution is -0.142. The molecule has 1 N–H and O–H groups in total. The lowest BCUT2D eigenvalue weighted by Gasteiger charge is -2.20. The van der Waals surface area contributed by atoms with Crippen LogP contribution in [-0.2, 0) is 22.6 Å². The van der Waals surface area contributed by atoms with Crippen molar-refractivity contribution in [2.24, 2.45) is 0 Å². The van der Waals surface area contributed by atoms with E-state index in [1.807, 2.05) is 6.92 Å². The lowest BCUT2D eigenvalue weighted by atomic mass is 10.2. The van der Waals surface area contributed by atoms with Crippen LogP contribution in [0.15, 0.2) is 4.79 Å². The lowest BCUT2D eigenvalue weighted by Crippen LogP contribution is -2.36. The van der Waals surface area contributed by atoms with Gasteiger partial charge in [0, 0.05) is 7.11 Å². The molecule has 0 bridgehead atoms. The van der Waals surface area contributed by atoms with E-state index in [1.165, 1.54) is 7.11 Å². The monoisotopic (exact) mass is 251 g/mol. The quantitative estimate of drug-likeness (QED) is 0.840. The summed E-state index contributed by atoms with van der Waals surface area (Å²) < 4.78 is 5.13. The van der Waals surface area contributed by atoms with E-state index in [2.05, 4.69) is 9.97 Å². The minimum absolute atomic E-state index is 0.0879. The summed E-state index contributed by atoms with van der Waals surface area (Å²) in [5.41, 5.74) is 1.12. The van der Waals surface area contributed by atoms with E-state index in [-0.39, 0.29) is 11.5 Å². The predicted octanol–water partition coefficient (Wildman–Crippen LogP) is 0.346. The molecule has 0 spiro atoms. The Labute approximate surface area is 105 Å². The average molecular weight is 251 g/mol. The zero-order valence-corrected chi connectivity index (χ0v) is 10.8. The second-order valence-corrected chi connectivity index (χ2v) is 4.40. The number of nitrogens with zero attached hydrogens (tertiary/aromatic N) is 2. The molecule has 6 nitrogen and oxygen atoms in total. The Morgan fingerprint density at radius 3 is 2.89 bits per heavy atom. The zero-order valence-electron chi connectivity index (χ0n) is 10.8. The smallest absolute Gasteiger partial charge is 0.256 e. The minimum Gasteiger partial charge on any atom is -0.372 e. The van der Waals surface area contributed by atoms with Gasteiger partial charge < -0.3 is 14.6 Å². The van der Waals surface area contributed by atoms with Crippen LogP contribution in [0.4, 0.5) is 0 Å². The number of rotatable bonds is 3. The first-order chi connectivity index (χ1) is 8.56. The van der Waals surface area contributed by atoms with Crippen LogP contribution in [0, 0.1) is 6.92 Å². The number of hydrogen-bond acceptors (Lipinski definition) is 4. The van der Waals surface area contributed by atoms with Crippen LogP contribution in [0.5, 0.6) is 0 Å². The molecular weight excluding hydrogens is 234 g/mol. The predicted molar refractivity (Wildman–Crippen MR) is 64.9 cm³/mol. The summed E-state index contributed by atoms with van der Waals surface area (Å²) in [6.07, 6.45) is 0.171. The van der Waals surface area contributed by atoms with Crippen LogP contribution in [0.3, 0.4) is 0 Å². The molecule has 1 aromatic heterocycles. The van der Waals surface area contributed by atoms with E-state index in [4.69, 9.17) is 4.74 Å². The molecule has 0 saturated carbocycles. The third kappa shape index (κ3) is 2.15. The molecule has 0 aromatic carbocycles. The SMILES string of the molecule is CC[C@H](OC)C(=O)N1Cc2nc(C)[nH]c(=O)c2C1. The number of carbonyl (C=O) groups excluding carboxylic acids is 1. The van der Waals surface area contributed by atoms with Gasteiger partial charge in [-0.1, -0.05) is 6.92 Å². The maximum Gasteiger partial charge on any atom is 0.256 e. The third-order valence-electron chi connectivity index (χ3n) is 3.15. The van der Waals surface area contributed by atoms with E-state index in [0.29, 0.717) is 36.6 Å². The van der Waals surface area contributed by atoms with Gasteiger partial charge in [0.05, 0.1) is 24.3 Å². The van der Waals surface area contributed by atoms with Crippen molar-refractivity contribution in [1.29, 1.82) is 0 Å². The van der Waals surface area contributed by atoms with Gasteiger partial charge in [-0.3, -0.25) is 9.59 Å². The first-order valence-electron chi connectivity index (χ1n) is 5.97. The molecule has 1 atom stereocenters. The molecule has 2 rings (SSSR count). The fourth-order valence-corrected chi connectivity index (χ4v) is 2.19. The van der Waals surface area contributed by atoms with Gasteiger partial charge in [-0.25, -0.2) is 4.98 Å². The van der Waals surface area contributed by atoms with Crippen molar-refractivity contribution in [3.8, 4) is 0 Å². The Kier molecular flexibility index (Phi) is 3.47. The Morgan fingerprint density at radius 2 is 2.28 bits per heavy atom. The summed E-state index contributed by atoms with van der Waals surface area (Å²) in [5.74, 6) is 0.488. The number of hydrogen-bond donors (Lipinski definition) is 1. The van der Waals surface area contributed by atoms with Crippen LogP contribution >= 0.6 is 0 Å². The van der Waals surface area contributed by atoms with Gasteiger partial charge in [0.25, 0.3) is 11.5 Å². The minimum atomic E-state index is -0.445. The van der Waals surface area contributed by atoms with Crippen molar-refractivity contribution in [3.63, 3.8) is 0 Å². The fourth-order valence-electron chi connectivity index (χ4n) is 2.19. The van der Waals surface area contributed by atoms with Crippen molar-refractivity contribution in [2.75, 3.05) is 7.11 Å². The number of H-pyrrole nitrogens is 1. The molecule has 2 heterocycles. The highest BCUT2D eigenvalue weighted by atomic mass is 16.5. The number of amides is 1. The molecule has 1 amide bonds. The maximum absolute atomic E-state index is 12.1. The third-order valence-corrected chi connectivity index (χ3v) is 3.15. The number of fused-ring (bicyclic) bond motifs is 1. The number of carbonyl (C=O) groups is 1. The molecule has 1 aromatic rings. The van der Waals surface area contributed by atoms with Crippen LogP contribution < -0.4 is 5.56 Å². The summed E-state index contributed by atoms with van der Waals surface area (Å²) in [6.45, 7) is 4.33. The van der Waals surface area contributed by atoms with Crippen LogP contribution in [0.2, 0.25) is 0 Å². The summed E-state index contributed by atoms with van der Waals surface area (Å²) in [5, 5.41) is 0. The van der Waals surface area contributed by atoms with Crippen LogP contribution in [-0.4, -0.2) is 34.0 Å². The van der Waals surface area contributed by atoms with E-state index < -0.39 is 6.10 Å². The Bertz CT molecular complexity index is 520. The summed E-state index contributed by atoms with van der Waals surface area (Å²) in [4.78, 5) is 32.4. The highest BCUT2D eigenvalue weighted by Gasteiger charge is 2.30. The number of ether oxygens (including phenoxy) is 1. The normalized spacial score (nSPS) is 15.6. The van der Waals surface area contributed by atoms with Gasteiger partial charge in [-0.2, -0.15) is 0 Å². The summed E-state index contributed by atoms with van der Waals surface area (Å²) in [6, 6.07) is 0. The first kappa shape index (κ1) is 12.8. The van der Waals surface area contributed by atoms with E-state index >= 15 is 0 Å². The molecule has 1 aliphatic heterocycles. The number of nitrogens with one attached hydrogen (secondary N) is 1. The van der Waals surface area contributed by atoms with Crippen molar-refractivity contribution in [1.82, 2.24) is 14.9 Å². The molecule has 18 heavy (non-hydrogen) atoms. The van der Waals surface area contributed by atoms with Gasteiger partial charge in [0.2, 0.25) is 0 Å². The van der Waals surface area contributed by atoms with E-state index in [1.54, 1.807) is 11.8 Å². The molecule has 1 aliphatic rings. The largest absolute Gasteiger partial charge is 0.372 e. The van der Waals surface area contributed by atoms with Crippen molar-refractivity contribution in [2.45, 2.75) is 39.5 Å². The van der Waals surface area contributed by atoms with Gasteiger partial charge in [-0.15, -0.1) is 0 Å².